The van der Waals surface area contributed by atoms with Crippen molar-refractivity contribution in [1.29, 1.82) is 5.26 Å². The van der Waals surface area contributed by atoms with Crippen LogP contribution in [0.2, 0.25) is 0 Å². The SMILES string of the molecule is C=CCOC12Oc3ccc(Oc4ccc(C)c(C)c4)cc3C3C(CCCCO)C(CCCCO)C=C(C(=NOCC)CC1N(Cc1cccc4ccccc14)C(=O)c1ccc(C#N)cc1)C32. The number of allylic oxidation sites excluding steroid dienone is 1. The molecule has 10 heteroatoms. The van der Waals surface area contributed by atoms with Crippen molar-refractivity contribution < 1.29 is 34.1 Å². The first-order valence-electron chi connectivity index (χ1n) is 23.5. The molecule has 342 valence electrons. The summed E-state index contributed by atoms with van der Waals surface area (Å²) in [6, 6.07) is 34.7. The molecule has 0 spiro atoms. The summed E-state index contributed by atoms with van der Waals surface area (Å²) < 4.78 is 21.4. The van der Waals surface area contributed by atoms with Crippen LogP contribution >= 0.6 is 0 Å². The molecule has 1 amide bonds. The maximum atomic E-state index is 15.6. The monoisotopic (exact) mass is 887 g/mol. The van der Waals surface area contributed by atoms with E-state index in [9.17, 15) is 15.5 Å². The van der Waals surface area contributed by atoms with Gasteiger partial charge in [-0.25, -0.2) is 0 Å². The Morgan fingerprint density at radius 3 is 2.41 bits per heavy atom. The quantitative estimate of drug-likeness (QED) is 0.0476. The molecule has 0 bridgehead atoms. The smallest absolute Gasteiger partial charge is 0.254 e. The van der Waals surface area contributed by atoms with Crippen molar-refractivity contribution >= 4 is 22.4 Å². The number of unbranched alkanes of at least 4 members (excludes halogenated alkanes) is 2. The summed E-state index contributed by atoms with van der Waals surface area (Å²) in [5.41, 5.74) is 6.80. The van der Waals surface area contributed by atoms with Crippen LogP contribution in [0.3, 0.4) is 0 Å². The second kappa shape index (κ2) is 20.9. The third-order valence-corrected chi connectivity index (χ3v) is 13.8. The number of nitrogens with zero attached hydrogens (tertiary/aromatic N) is 3. The minimum absolute atomic E-state index is 0.0445. The van der Waals surface area contributed by atoms with Crippen molar-refractivity contribution in [1.82, 2.24) is 4.90 Å². The molecule has 6 atom stereocenters. The highest BCUT2D eigenvalue weighted by atomic mass is 16.7. The highest BCUT2D eigenvalue weighted by Crippen LogP contribution is 2.62. The number of amides is 1. The average Bonchev–Trinajstić information content (AvgIpc) is 3.34. The molecule has 6 unspecified atom stereocenters. The topological polar surface area (TPSA) is 134 Å². The minimum Gasteiger partial charge on any atom is -0.459 e. The van der Waals surface area contributed by atoms with Gasteiger partial charge in [0.2, 0.25) is 5.79 Å². The fourth-order valence-electron chi connectivity index (χ4n) is 10.6. The molecule has 5 aromatic rings. The Hall–Kier alpha value is -6.25. The number of ether oxygens (including phenoxy) is 3. The lowest BCUT2D eigenvalue weighted by atomic mass is 9.55. The molecule has 1 fully saturated rings. The van der Waals surface area contributed by atoms with Crippen LogP contribution in [0.1, 0.15) is 96.0 Å². The van der Waals surface area contributed by atoms with Crippen molar-refractivity contribution in [3.05, 3.63) is 161 Å². The van der Waals surface area contributed by atoms with Gasteiger partial charge in [-0.3, -0.25) is 4.79 Å². The molecule has 8 rings (SSSR count). The number of carbonyl (C=O) groups excluding carboxylic acids is 1. The van der Waals surface area contributed by atoms with Crippen LogP contribution in [0, 0.1) is 42.9 Å². The molecule has 2 N–H and O–H groups in total. The molecule has 1 heterocycles. The lowest BCUT2D eigenvalue weighted by molar-refractivity contribution is -0.255. The highest BCUT2D eigenvalue weighted by Gasteiger charge is 2.65. The zero-order chi connectivity index (χ0) is 46.2. The highest BCUT2D eigenvalue weighted by molar-refractivity contribution is 6.03. The summed E-state index contributed by atoms with van der Waals surface area (Å²) in [4.78, 5) is 23.4. The average molecular weight is 888 g/mol. The summed E-state index contributed by atoms with van der Waals surface area (Å²) in [7, 11) is 0. The third kappa shape index (κ3) is 9.39. The van der Waals surface area contributed by atoms with Gasteiger partial charge >= 0.3 is 0 Å². The van der Waals surface area contributed by atoms with Crippen LogP contribution in [0.4, 0.5) is 0 Å². The first kappa shape index (κ1) is 46.3. The molecular formula is C56H61N3O7. The maximum absolute atomic E-state index is 15.6. The van der Waals surface area contributed by atoms with E-state index in [1.165, 1.54) is 5.56 Å². The number of aliphatic hydroxyl groups excluding tert-OH is 2. The maximum Gasteiger partial charge on any atom is 0.254 e. The first-order chi connectivity index (χ1) is 32.2. The van der Waals surface area contributed by atoms with Crippen molar-refractivity contribution in [2.75, 3.05) is 26.4 Å². The molecule has 3 aliphatic rings. The van der Waals surface area contributed by atoms with Crippen LogP contribution in [-0.4, -0.2) is 65.0 Å². The number of benzene rings is 5. The van der Waals surface area contributed by atoms with Crippen LogP contribution in [0.15, 0.2) is 133 Å². The molecule has 0 saturated heterocycles. The van der Waals surface area contributed by atoms with Gasteiger partial charge in [-0.05, 0) is 146 Å². The first-order valence-corrected chi connectivity index (χ1v) is 23.5. The van der Waals surface area contributed by atoms with Gasteiger partial charge in [0, 0.05) is 43.2 Å². The molecule has 10 nitrogen and oxygen atoms in total. The van der Waals surface area contributed by atoms with E-state index in [-0.39, 0.29) is 56.4 Å². The van der Waals surface area contributed by atoms with Crippen LogP contribution in [0.25, 0.3) is 10.8 Å². The molecule has 5 aromatic carbocycles. The number of carbonyl (C=O) groups is 1. The lowest BCUT2D eigenvalue weighted by Gasteiger charge is -2.60. The molecule has 0 radical (unpaired) electrons. The predicted molar refractivity (Wildman–Crippen MR) is 258 cm³/mol. The van der Waals surface area contributed by atoms with Crippen molar-refractivity contribution in [3.8, 4) is 23.3 Å². The number of hydrogen-bond donors (Lipinski definition) is 2. The third-order valence-electron chi connectivity index (χ3n) is 13.8. The van der Waals surface area contributed by atoms with E-state index >= 15 is 4.79 Å². The van der Waals surface area contributed by atoms with Crippen molar-refractivity contribution in [3.63, 3.8) is 0 Å². The molecule has 66 heavy (non-hydrogen) atoms. The zero-order valence-electron chi connectivity index (χ0n) is 38.3. The standard InChI is InChI=1S/C56H61N3O7/c1-5-30-63-56-52(59(55(62)41-23-21-39(35-57)22-24-41)36-43-17-13-16-40-14-7-8-18-46(40)43)34-50(58-64-6-2)48-32-42(15-9-11-28-60)47(19-10-12-29-61)53(54(48)56)49-33-45(26-27-51(49)66-56)65-44-25-20-37(3)38(4)31-44/h5,7-8,13-14,16-18,20-27,31-33,42,47,52-54,60-61H,1,6,9-12,15,19,28-30,34,36H2,2-4H3. The summed E-state index contributed by atoms with van der Waals surface area (Å²) in [5.74, 6) is -0.251. The van der Waals surface area contributed by atoms with E-state index in [4.69, 9.17) is 24.2 Å². The molecule has 2 aliphatic carbocycles. The van der Waals surface area contributed by atoms with Gasteiger partial charge in [0.05, 0.1) is 29.9 Å². The predicted octanol–water partition coefficient (Wildman–Crippen LogP) is 11.1. The molecular weight excluding hydrogens is 827 g/mol. The van der Waals surface area contributed by atoms with Gasteiger partial charge in [0.25, 0.3) is 5.91 Å². The van der Waals surface area contributed by atoms with Crippen LogP contribution in [0.5, 0.6) is 17.2 Å². The van der Waals surface area contributed by atoms with Crippen molar-refractivity contribution in [2.24, 2.45) is 22.9 Å². The number of aryl methyl sites for hydroxylation is 2. The van der Waals surface area contributed by atoms with E-state index in [0.29, 0.717) is 42.1 Å². The number of fused-ring (bicyclic) bond motifs is 3. The number of rotatable bonds is 19. The van der Waals surface area contributed by atoms with Gasteiger partial charge in [-0.15, -0.1) is 6.58 Å². The van der Waals surface area contributed by atoms with Crippen molar-refractivity contribution in [2.45, 2.75) is 90.0 Å². The normalized spacial score (nSPS) is 22.3. The Morgan fingerprint density at radius 2 is 1.67 bits per heavy atom. The molecule has 1 saturated carbocycles. The number of oxime groups is 1. The van der Waals surface area contributed by atoms with Gasteiger partial charge in [-0.1, -0.05) is 78.7 Å². The second-order valence-corrected chi connectivity index (χ2v) is 17.8. The van der Waals surface area contributed by atoms with E-state index < -0.39 is 17.7 Å². The number of hydrogen-bond acceptors (Lipinski definition) is 9. The second-order valence-electron chi connectivity index (χ2n) is 17.8. The zero-order valence-corrected chi connectivity index (χ0v) is 38.3. The fraction of sp³-hybridized carbons (Fsp3) is 0.375. The summed E-state index contributed by atoms with van der Waals surface area (Å²) in [6.07, 6.45) is 8.93. The van der Waals surface area contributed by atoms with E-state index in [1.807, 2.05) is 54.3 Å². The Kier molecular flexibility index (Phi) is 14.7. The molecule has 1 aliphatic heterocycles. The summed E-state index contributed by atoms with van der Waals surface area (Å²) in [5, 5.41) is 36.7. The van der Waals surface area contributed by atoms with E-state index in [2.05, 4.69) is 69.0 Å². The Labute approximate surface area is 388 Å². The van der Waals surface area contributed by atoms with Gasteiger partial charge in [0.1, 0.15) is 29.9 Å². The fourth-order valence-corrected chi connectivity index (χ4v) is 10.6. The Balaban J connectivity index is 1.37. The minimum atomic E-state index is -1.46. The molecule has 0 aromatic heterocycles. The van der Waals surface area contributed by atoms with Crippen LogP contribution in [-0.2, 0) is 16.1 Å². The lowest BCUT2D eigenvalue weighted by Crippen LogP contribution is -2.70. The van der Waals surface area contributed by atoms with E-state index in [0.717, 1.165) is 70.2 Å². The summed E-state index contributed by atoms with van der Waals surface area (Å²) >= 11 is 0. The van der Waals surface area contributed by atoms with Gasteiger partial charge < -0.3 is 34.2 Å². The summed E-state index contributed by atoms with van der Waals surface area (Å²) in [6.45, 7) is 11.1. The Bertz CT molecular complexity index is 2630. The number of aliphatic hydroxyl groups is 2. The number of nitriles is 1. The van der Waals surface area contributed by atoms with Crippen LogP contribution < -0.4 is 9.47 Å². The Morgan fingerprint density at radius 1 is 0.924 bits per heavy atom. The largest absolute Gasteiger partial charge is 0.459 e. The van der Waals surface area contributed by atoms with E-state index in [1.54, 1.807) is 30.3 Å². The van der Waals surface area contributed by atoms with Gasteiger partial charge in [-0.2, -0.15) is 5.26 Å². The van der Waals surface area contributed by atoms with Gasteiger partial charge in [0.15, 0.2) is 0 Å².